The lowest BCUT2D eigenvalue weighted by molar-refractivity contribution is 0.621. The molecule has 0 radical (unpaired) electrons. The Morgan fingerprint density at radius 2 is 2.15 bits per heavy atom. The molecule has 0 saturated carbocycles. The Kier molecular flexibility index (Phi) is 3.15. The maximum absolute atomic E-state index is 13.8. The predicted molar refractivity (Wildman–Crippen MR) is 83.9 cm³/mol. The lowest BCUT2D eigenvalue weighted by atomic mass is 10.2. The van der Waals surface area contributed by atoms with E-state index in [-0.39, 0.29) is 5.82 Å². The van der Waals surface area contributed by atoms with Crippen molar-refractivity contribution >= 4 is 39.6 Å². The summed E-state index contributed by atoms with van der Waals surface area (Å²) in [5.74, 6) is 0.117. The van der Waals surface area contributed by atoms with Crippen molar-refractivity contribution < 1.29 is 4.39 Å². The molecule has 0 amide bonds. The molecule has 0 bridgehead atoms. The van der Waals surface area contributed by atoms with E-state index < -0.39 is 0 Å². The molecule has 0 fully saturated rings. The van der Waals surface area contributed by atoms with Crippen LogP contribution in [0.5, 0.6) is 0 Å². The Morgan fingerprint density at radius 3 is 2.80 bits per heavy atom. The van der Waals surface area contributed by atoms with E-state index in [1.807, 2.05) is 42.8 Å². The fraction of sp³-hybridized carbons (Fsp3) is 0.231. The van der Waals surface area contributed by atoms with Gasteiger partial charge in [-0.25, -0.2) is 9.37 Å². The molecule has 0 aliphatic carbocycles. The molecule has 5 nitrogen and oxygen atoms in total. The number of nitrogen functional groups attached to an aromatic ring is 1. The molecule has 3 aromatic rings. The molecular formula is C13H13FIN5. The van der Waals surface area contributed by atoms with Crippen LogP contribution in [0.25, 0.3) is 11.0 Å². The summed E-state index contributed by atoms with van der Waals surface area (Å²) in [6.45, 7) is 2.47. The van der Waals surface area contributed by atoms with Crippen LogP contribution in [0.4, 0.5) is 10.3 Å². The summed E-state index contributed by atoms with van der Waals surface area (Å²) in [6, 6.07) is 3.18. The zero-order chi connectivity index (χ0) is 14.4. The molecule has 2 heterocycles. The molecule has 0 spiro atoms. The molecule has 0 unspecified atom stereocenters. The summed E-state index contributed by atoms with van der Waals surface area (Å²) in [4.78, 5) is 4.29. The number of nitrogens with zero attached hydrogens (tertiary/aromatic N) is 4. The Morgan fingerprint density at radius 1 is 1.40 bits per heavy atom. The lowest BCUT2D eigenvalue weighted by Gasteiger charge is -2.05. The van der Waals surface area contributed by atoms with Gasteiger partial charge in [-0.1, -0.05) is 0 Å². The van der Waals surface area contributed by atoms with Gasteiger partial charge in [-0.2, -0.15) is 5.10 Å². The van der Waals surface area contributed by atoms with E-state index in [1.54, 1.807) is 15.3 Å². The summed E-state index contributed by atoms with van der Waals surface area (Å²) >= 11 is 1.95. The minimum absolute atomic E-state index is 0.262. The molecule has 104 valence electrons. The van der Waals surface area contributed by atoms with Crippen molar-refractivity contribution in [2.75, 3.05) is 5.73 Å². The third-order valence-corrected chi connectivity index (χ3v) is 4.09. The van der Waals surface area contributed by atoms with Crippen LogP contribution in [0, 0.1) is 16.3 Å². The number of benzene rings is 1. The molecule has 1 aromatic carbocycles. The highest BCUT2D eigenvalue weighted by molar-refractivity contribution is 14.1. The average molecular weight is 385 g/mol. The van der Waals surface area contributed by atoms with E-state index in [4.69, 9.17) is 5.73 Å². The van der Waals surface area contributed by atoms with Gasteiger partial charge in [-0.3, -0.25) is 4.68 Å². The fourth-order valence-corrected chi connectivity index (χ4v) is 2.73. The SMILES string of the molecule is Cc1nn(C)cc1Cn1c(N)nc2cc(I)c(F)cc21. The first kappa shape index (κ1) is 13.3. The Hall–Kier alpha value is -1.64. The summed E-state index contributed by atoms with van der Waals surface area (Å²) < 4.78 is 17.9. The van der Waals surface area contributed by atoms with Gasteiger partial charge in [0.1, 0.15) is 5.82 Å². The second kappa shape index (κ2) is 4.72. The van der Waals surface area contributed by atoms with Crippen molar-refractivity contribution in [2.24, 2.45) is 7.05 Å². The highest BCUT2D eigenvalue weighted by atomic mass is 127. The van der Waals surface area contributed by atoms with Crippen LogP contribution in [0.3, 0.4) is 0 Å². The highest BCUT2D eigenvalue weighted by Crippen LogP contribution is 2.24. The van der Waals surface area contributed by atoms with Crippen molar-refractivity contribution in [1.82, 2.24) is 19.3 Å². The summed E-state index contributed by atoms with van der Waals surface area (Å²) in [5, 5.41) is 4.30. The molecule has 7 heteroatoms. The molecule has 0 saturated heterocycles. The van der Waals surface area contributed by atoms with Gasteiger partial charge in [0.15, 0.2) is 0 Å². The first-order chi connectivity index (χ1) is 9.45. The van der Waals surface area contributed by atoms with Crippen LogP contribution in [0.1, 0.15) is 11.3 Å². The number of halogens is 2. The third kappa shape index (κ3) is 2.15. The zero-order valence-corrected chi connectivity index (χ0v) is 13.2. The molecule has 3 rings (SSSR count). The molecule has 2 aromatic heterocycles. The third-order valence-electron chi connectivity index (χ3n) is 3.26. The number of aromatic nitrogens is 4. The minimum Gasteiger partial charge on any atom is -0.369 e. The van der Waals surface area contributed by atoms with Crippen LogP contribution < -0.4 is 5.73 Å². The number of aryl methyl sites for hydroxylation is 2. The van der Waals surface area contributed by atoms with E-state index in [0.29, 0.717) is 27.1 Å². The number of hydrogen-bond donors (Lipinski definition) is 1. The number of anilines is 1. The number of rotatable bonds is 2. The van der Waals surface area contributed by atoms with E-state index in [1.165, 1.54) is 6.07 Å². The Bertz CT molecular complexity index is 805. The molecule has 0 atom stereocenters. The Balaban J connectivity index is 2.13. The smallest absolute Gasteiger partial charge is 0.201 e. The van der Waals surface area contributed by atoms with Crippen molar-refractivity contribution in [2.45, 2.75) is 13.5 Å². The van der Waals surface area contributed by atoms with Crippen LogP contribution in [-0.4, -0.2) is 19.3 Å². The molecule has 20 heavy (non-hydrogen) atoms. The van der Waals surface area contributed by atoms with E-state index >= 15 is 0 Å². The predicted octanol–water partition coefficient (Wildman–Crippen LogP) is 2.45. The summed E-state index contributed by atoms with van der Waals surface area (Å²) in [7, 11) is 1.87. The van der Waals surface area contributed by atoms with Crippen LogP contribution in [-0.2, 0) is 13.6 Å². The Labute approximate surface area is 128 Å². The molecular weight excluding hydrogens is 372 g/mol. The van der Waals surface area contributed by atoms with Gasteiger partial charge >= 0.3 is 0 Å². The first-order valence-electron chi connectivity index (χ1n) is 6.05. The first-order valence-corrected chi connectivity index (χ1v) is 7.13. The van der Waals surface area contributed by atoms with Gasteiger partial charge in [0.2, 0.25) is 5.95 Å². The lowest BCUT2D eigenvalue weighted by Crippen LogP contribution is -2.05. The highest BCUT2D eigenvalue weighted by Gasteiger charge is 2.13. The largest absolute Gasteiger partial charge is 0.369 e. The van der Waals surface area contributed by atoms with E-state index in [0.717, 1.165) is 11.3 Å². The van der Waals surface area contributed by atoms with Crippen molar-refractivity contribution in [3.8, 4) is 0 Å². The summed E-state index contributed by atoms with van der Waals surface area (Å²) in [6.07, 6.45) is 1.93. The second-order valence-electron chi connectivity index (χ2n) is 4.72. The molecule has 2 N–H and O–H groups in total. The van der Waals surface area contributed by atoms with E-state index in [9.17, 15) is 4.39 Å². The average Bonchev–Trinajstić information content (AvgIpc) is 2.83. The number of hydrogen-bond acceptors (Lipinski definition) is 3. The van der Waals surface area contributed by atoms with Gasteiger partial charge < -0.3 is 10.3 Å². The summed E-state index contributed by atoms with van der Waals surface area (Å²) in [5.41, 5.74) is 9.33. The standard InChI is InChI=1S/C13H13FIN5/c1-7-8(5-19(2)18-7)6-20-12-3-9(14)10(15)4-11(12)17-13(20)16/h3-5H,6H2,1-2H3,(H2,16,17). The zero-order valence-electron chi connectivity index (χ0n) is 11.1. The van der Waals surface area contributed by atoms with Crippen molar-refractivity contribution in [3.05, 3.63) is 39.0 Å². The van der Waals surface area contributed by atoms with Gasteiger partial charge in [0, 0.05) is 24.9 Å². The maximum atomic E-state index is 13.8. The van der Waals surface area contributed by atoms with Gasteiger partial charge in [-0.15, -0.1) is 0 Å². The van der Waals surface area contributed by atoms with E-state index in [2.05, 4.69) is 10.1 Å². The van der Waals surface area contributed by atoms with Crippen LogP contribution >= 0.6 is 22.6 Å². The second-order valence-corrected chi connectivity index (χ2v) is 5.89. The van der Waals surface area contributed by atoms with Crippen LogP contribution in [0.2, 0.25) is 0 Å². The molecule has 0 aliphatic rings. The normalized spacial score (nSPS) is 11.4. The van der Waals surface area contributed by atoms with Crippen LogP contribution in [0.15, 0.2) is 18.3 Å². The quantitative estimate of drug-likeness (QED) is 0.690. The number of imidazole rings is 1. The van der Waals surface area contributed by atoms with Gasteiger partial charge in [-0.05, 0) is 35.6 Å². The van der Waals surface area contributed by atoms with Crippen molar-refractivity contribution in [3.63, 3.8) is 0 Å². The topological polar surface area (TPSA) is 61.7 Å². The number of nitrogens with two attached hydrogens (primary N) is 1. The number of fused-ring (bicyclic) bond motifs is 1. The monoisotopic (exact) mass is 385 g/mol. The molecule has 0 aliphatic heterocycles. The van der Waals surface area contributed by atoms with Crippen molar-refractivity contribution in [1.29, 1.82) is 0 Å². The van der Waals surface area contributed by atoms with Gasteiger partial charge in [0.25, 0.3) is 0 Å². The van der Waals surface area contributed by atoms with Gasteiger partial charge in [0.05, 0.1) is 26.8 Å². The minimum atomic E-state index is -0.262. The maximum Gasteiger partial charge on any atom is 0.201 e. The fourth-order valence-electron chi connectivity index (χ4n) is 2.28.